The van der Waals surface area contributed by atoms with Crippen molar-refractivity contribution in [1.82, 2.24) is 9.55 Å². The molecule has 1 aliphatic heterocycles. The first-order valence-corrected chi connectivity index (χ1v) is 8.74. The van der Waals surface area contributed by atoms with Crippen LogP contribution in [0, 0.1) is 6.92 Å². The summed E-state index contributed by atoms with van der Waals surface area (Å²) in [5.41, 5.74) is 8.23. The summed E-state index contributed by atoms with van der Waals surface area (Å²) in [5.74, 6) is 0.756. The molecule has 2 heterocycles. The lowest BCUT2D eigenvalue weighted by Crippen LogP contribution is -2.36. The van der Waals surface area contributed by atoms with E-state index in [4.69, 9.17) is 4.98 Å². The average molecular weight is 322 g/mol. The molecule has 0 bridgehead atoms. The quantitative estimate of drug-likeness (QED) is 0.865. The molecule has 2 aliphatic rings. The molecule has 0 radical (unpaired) electrons. The van der Waals surface area contributed by atoms with Crippen LogP contribution in [0.1, 0.15) is 48.3 Å². The molecule has 4 rings (SSSR count). The van der Waals surface area contributed by atoms with Gasteiger partial charge in [0.25, 0.3) is 5.56 Å². The lowest BCUT2D eigenvalue weighted by atomic mass is 9.96. The smallest absolute Gasteiger partial charge is 0.257 e. The summed E-state index contributed by atoms with van der Waals surface area (Å²) in [5, 5.41) is 4.56. The summed E-state index contributed by atoms with van der Waals surface area (Å²) in [6.07, 6.45) is 5.79. The number of rotatable bonds is 2. The van der Waals surface area contributed by atoms with Gasteiger partial charge in [-0.3, -0.25) is 14.8 Å². The van der Waals surface area contributed by atoms with Crippen LogP contribution >= 0.6 is 0 Å². The Bertz CT molecular complexity index is 849. The fraction of sp³-hybridized carbons (Fsp3) is 0.421. The Morgan fingerprint density at radius 3 is 2.71 bits per heavy atom. The molecule has 0 unspecified atom stereocenters. The number of fused-ring (bicyclic) bond motifs is 2. The van der Waals surface area contributed by atoms with Crippen LogP contribution in [-0.2, 0) is 19.4 Å². The Balaban J connectivity index is 1.70. The van der Waals surface area contributed by atoms with Gasteiger partial charge in [0.15, 0.2) is 5.82 Å². The molecular formula is C19H22N4O. The summed E-state index contributed by atoms with van der Waals surface area (Å²) >= 11 is 0. The standard InChI is InChI=1S/C19H22N4O/c1-13-8-10-14(11-9-13)21-22-17-7-4-12-23-18(17)20-16-6-3-2-5-15(16)19(23)24/h8-11,21H,2-7,12H2,1H3. The zero-order valence-electron chi connectivity index (χ0n) is 14.0. The third-order valence-corrected chi connectivity index (χ3v) is 4.86. The molecule has 0 saturated carbocycles. The van der Waals surface area contributed by atoms with Crippen LogP contribution in [-0.4, -0.2) is 15.3 Å². The highest BCUT2D eigenvalue weighted by molar-refractivity contribution is 5.98. The van der Waals surface area contributed by atoms with Crippen molar-refractivity contribution in [2.45, 2.75) is 52.0 Å². The molecule has 0 spiro atoms. The van der Waals surface area contributed by atoms with Crippen molar-refractivity contribution in [3.05, 3.63) is 57.3 Å². The number of hydrogen-bond acceptors (Lipinski definition) is 4. The van der Waals surface area contributed by atoms with Gasteiger partial charge < -0.3 is 0 Å². The fourth-order valence-electron chi connectivity index (χ4n) is 3.50. The minimum Gasteiger partial charge on any atom is -0.291 e. The molecule has 1 aliphatic carbocycles. The van der Waals surface area contributed by atoms with Gasteiger partial charge in [0, 0.05) is 12.1 Å². The van der Waals surface area contributed by atoms with Gasteiger partial charge in [-0.25, -0.2) is 4.98 Å². The van der Waals surface area contributed by atoms with Crippen molar-refractivity contribution in [1.29, 1.82) is 0 Å². The molecule has 5 heteroatoms. The van der Waals surface area contributed by atoms with Crippen LogP contribution in [0.15, 0.2) is 34.2 Å². The highest BCUT2D eigenvalue weighted by Crippen LogP contribution is 2.20. The van der Waals surface area contributed by atoms with Gasteiger partial charge in [-0.2, -0.15) is 5.10 Å². The predicted octanol–water partition coefficient (Wildman–Crippen LogP) is 3.04. The third-order valence-electron chi connectivity index (χ3n) is 4.86. The SMILES string of the molecule is Cc1ccc(NN=C2CCCn3c2nc2c(c3=O)CCCC2)cc1. The van der Waals surface area contributed by atoms with E-state index in [1.807, 2.05) is 16.7 Å². The third kappa shape index (κ3) is 2.75. The number of nitrogens with one attached hydrogen (secondary N) is 1. The number of nitrogens with zero attached hydrogens (tertiary/aromatic N) is 3. The molecule has 24 heavy (non-hydrogen) atoms. The maximum absolute atomic E-state index is 12.8. The van der Waals surface area contributed by atoms with Gasteiger partial charge in [-0.15, -0.1) is 0 Å². The van der Waals surface area contributed by atoms with Crippen molar-refractivity contribution in [2.75, 3.05) is 5.43 Å². The highest BCUT2D eigenvalue weighted by Gasteiger charge is 2.24. The first-order chi connectivity index (χ1) is 11.7. The first kappa shape index (κ1) is 15.1. The summed E-state index contributed by atoms with van der Waals surface area (Å²) < 4.78 is 1.82. The van der Waals surface area contributed by atoms with Crippen molar-refractivity contribution in [2.24, 2.45) is 5.10 Å². The van der Waals surface area contributed by atoms with Crippen LogP contribution in [0.2, 0.25) is 0 Å². The van der Waals surface area contributed by atoms with Gasteiger partial charge in [0.1, 0.15) is 5.71 Å². The van der Waals surface area contributed by atoms with E-state index in [1.54, 1.807) is 0 Å². The predicted molar refractivity (Wildman–Crippen MR) is 95.7 cm³/mol. The van der Waals surface area contributed by atoms with Gasteiger partial charge >= 0.3 is 0 Å². The van der Waals surface area contributed by atoms with E-state index in [0.29, 0.717) is 0 Å². The fourth-order valence-corrected chi connectivity index (χ4v) is 3.50. The lowest BCUT2D eigenvalue weighted by Gasteiger charge is -2.23. The summed E-state index contributed by atoms with van der Waals surface area (Å²) in [7, 11) is 0. The topological polar surface area (TPSA) is 59.3 Å². The normalized spacial score (nSPS) is 18.1. The average Bonchev–Trinajstić information content (AvgIpc) is 2.62. The Kier molecular flexibility index (Phi) is 3.92. The second-order valence-electron chi connectivity index (χ2n) is 6.66. The Morgan fingerprint density at radius 2 is 1.88 bits per heavy atom. The molecular weight excluding hydrogens is 300 g/mol. The number of hydrogen-bond donors (Lipinski definition) is 1. The number of aryl methyl sites for hydroxylation is 2. The molecule has 5 nitrogen and oxygen atoms in total. The lowest BCUT2D eigenvalue weighted by molar-refractivity contribution is 0.559. The molecule has 124 valence electrons. The van der Waals surface area contributed by atoms with Crippen LogP contribution in [0.25, 0.3) is 0 Å². The Hall–Kier alpha value is -2.43. The summed E-state index contributed by atoms with van der Waals surface area (Å²) in [6, 6.07) is 8.12. The largest absolute Gasteiger partial charge is 0.291 e. The zero-order chi connectivity index (χ0) is 16.5. The number of anilines is 1. The van der Waals surface area contributed by atoms with Crippen molar-refractivity contribution >= 4 is 11.4 Å². The molecule has 1 aromatic carbocycles. The van der Waals surface area contributed by atoms with Crippen molar-refractivity contribution < 1.29 is 0 Å². The summed E-state index contributed by atoms with van der Waals surface area (Å²) in [4.78, 5) is 17.6. The second kappa shape index (κ2) is 6.23. The number of aromatic nitrogens is 2. The summed E-state index contributed by atoms with van der Waals surface area (Å²) in [6.45, 7) is 2.81. The van der Waals surface area contributed by atoms with E-state index >= 15 is 0 Å². The molecule has 0 saturated heterocycles. The first-order valence-electron chi connectivity index (χ1n) is 8.74. The van der Waals surface area contributed by atoms with Crippen LogP contribution in [0.4, 0.5) is 5.69 Å². The minimum absolute atomic E-state index is 0.150. The maximum atomic E-state index is 12.8. The number of benzene rings is 1. The van der Waals surface area contributed by atoms with Crippen LogP contribution in [0.3, 0.4) is 0 Å². The van der Waals surface area contributed by atoms with E-state index in [1.165, 1.54) is 5.56 Å². The van der Waals surface area contributed by atoms with E-state index in [9.17, 15) is 4.79 Å². The molecule has 1 aromatic heterocycles. The molecule has 1 N–H and O–H groups in total. The van der Waals surface area contributed by atoms with Gasteiger partial charge in [-0.1, -0.05) is 17.7 Å². The molecule has 2 aromatic rings. The van der Waals surface area contributed by atoms with Crippen molar-refractivity contribution in [3.8, 4) is 0 Å². The maximum Gasteiger partial charge on any atom is 0.257 e. The molecule has 0 amide bonds. The minimum atomic E-state index is 0.150. The van der Waals surface area contributed by atoms with Gasteiger partial charge in [0.05, 0.1) is 11.4 Å². The molecule has 0 fully saturated rings. The molecule has 0 atom stereocenters. The van der Waals surface area contributed by atoms with Crippen molar-refractivity contribution in [3.63, 3.8) is 0 Å². The van der Waals surface area contributed by atoms with Crippen LogP contribution < -0.4 is 11.0 Å². The monoisotopic (exact) mass is 322 g/mol. The van der Waals surface area contributed by atoms with Crippen LogP contribution in [0.5, 0.6) is 0 Å². The second-order valence-corrected chi connectivity index (χ2v) is 6.66. The number of hydrazone groups is 1. The van der Waals surface area contributed by atoms with E-state index in [0.717, 1.165) is 73.6 Å². The van der Waals surface area contributed by atoms with E-state index < -0.39 is 0 Å². The van der Waals surface area contributed by atoms with Gasteiger partial charge in [-0.05, 0) is 57.6 Å². The Labute approximate surface area is 141 Å². The zero-order valence-corrected chi connectivity index (χ0v) is 14.0. The van der Waals surface area contributed by atoms with E-state index in [2.05, 4.69) is 29.6 Å². The Morgan fingerprint density at radius 1 is 1.08 bits per heavy atom. The van der Waals surface area contributed by atoms with Gasteiger partial charge in [0.2, 0.25) is 0 Å². The highest BCUT2D eigenvalue weighted by atomic mass is 16.1. The van der Waals surface area contributed by atoms with E-state index in [-0.39, 0.29) is 5.56 Å².